The normalized spacial score (nSPS) is 25.1. The average molecular weight is 248 g/mol. The molecule has 0 amide bonds. The molecule has 2 atom stereocenters. The Bertz CT molecular complexity index is 381. The van der Waals surface area contributed by atoms with Crippen molar-refractivity contribution in [2.75, 3.05) is 26.7 Å². The van der Waals surface area contributed by atoms with Crippen LogP contribution in [0.4, 0.5) is 0 Å². The summed E-state index contributed by atoms with van der Waals surface area (Å²) in [6.45, 7) is 6.35. The van der Waals surface area contributed by atoms with Gasteiger partial charge >= 0.3 is 0 Å². The van der Waals surface area contributed by atoms with Crippen LogP contribution in [0.2, 0.25) is 0 Å². The van der Waals surface area contributed by atoms with Crippen LogP contribution in [0.25, 0.3) is 0 Å². The molecular weight excluding hydrogens is 224 g/mol. The number of nitrogens with two attached hydrogens (primary N) is 1. The van der Waals surface area contributed by atoms with E-state index in [1.54, 1.807) is 7.11 Å². The van der Waals surface area contributed by atoms with E-state index in [2.05, 4.69) is 24.0 Å². The predicted molar refractivity (Wildman–Crippen MR) is 74.6 cm³/mol. The van der Waals surface area contributed by atoms with Crippen molar-refractivity contribution < 1.29 is 4.74 Å². The maximum Gasteiger partial charge on any atom is 0.123 e. The Balaban J connectivity index is 2.01. The number of benzene rings is 1. The standard InChI is InChI=1S/C15H24N2O/c1-12-7-8-17(11-14(12)9-16)10-13-5-3-4-6-15(13)18-2/h3-6,12,14H,7-11,16H2,1-2H3. The molecular formula is C15H24N2O. The van der Waals surface area contributed by atoms with E-state index >= 15 is 0 Å². The molecule has 1 aromatic rings. The van der Waals surface area contributed by atoms with Crippen molar-refractivity contribution in [1.82, 2.24) is 4.90 Å². The second-order valence-corrected chi connectivity index (χ2v) is 5.31. The van der Waals surface area contributed by atoms with E-state index < -0.39 is 0 Å². The zero-order chi connectivity index (χ0) is 13.0. The molecule has 3 nitrogen and oxygen atoms in total. The fraction of sp³-hybridized carbons (Fsp3) is 0.600. The molecule has 3 heteroatoms. The summed E-state index contributed by atoms with van der Waals surface area (Å²) < 4.78 is 5.41. The Hall–Kier alpha value is -1.06. The lowest BCUT2D eigenvalue weighted by molar-refractivity contribution is 0.125. The van der Waals surface area contributed by atoms with E-state index in [0.29, 0.717) is 5.92 Å². The highest BCUT2D eigenvalue weighted by molar-refractivity contribution is 5.33. The number of nitrogens with zero attached hydrogens (tertiary/aromatic N) is 1. The number of rotatable bonds is 4. The molecule has 1 saturated heterocycles. The minimum atomic E-state index is 0.633. The zero-order valence-corrected chi connectivity index (χ0v) is 11.4. The maximum absolute atomic E-state index is 5.85. The molecule has 2 N–H and O–H groups in total. The van der Waals surface area contributed by atoms with Gasteiger partial charge in [0.25, 0.3) is 0 Å². The van der Waals surface area contributed by atoms with Gasteiger partial charge in [-0.15, -0.1) is 0 Å². The Labute approximate surface area is 110 Å². The summed E-state index contributed by atoms with van der Waals surface area (Å²) in [5, 5.41) is 0. The highest BCUT2D eigenvalue weighted by Crippen LogP contribution is 2.26. The molecule has 1 fully saturated rings. The SMILES string of the molecule is COc1ccccc1CN1CCC(C)C(CN)C1. The molecule has 0 radical (unpaired) electrons. The molecule has 0 aliphatic carbocycles. The first-order valence-electron chi connectivity index (χ1n) is 6.79. The van der Waals surface area contributed by atoms with Crippen molar-refractivity contribution in [2.45, 2.75) is 19.9 Å². The topological polar surface area (TPSA) is 38.5 Å². The van der Waals surface area contributed by atoms with Crippen molar-refractivity contribution in [2.24, 2.45) is 17.6 Å². The minimum Gasteiger partial charge on any atom is -0.496 e. The van der Waals surface area contributed by atoms with E-state index in [0.717, 1.165) is 37.8 Å². The van der Waals surface area contributed by atoms with Crippen LogP contribution in [0.3, 0.4) is 0 Å². The van der Waals surface area contributed by atoms with Gasteiger partial charge in [0, 0.05) is 18.7 Å². The van der Waals surface area contributed by atoms with Gasteiger partial charge in [-0.25, -0.2) is 0 Å². The van der Waals surface area contributed by atoms with E-state index in [-0.39, 0.29) is 0 Å². The molecule has 0 saturated carbocycles. The van der Waals surface area contributed by atoms with Crippen LogP contribution < -0.4 is 10.5 Å². The summed E-state index contributed by atoms with van der Waals surface area (Å²) in [5.41, 5.74) is 7.12. The van der Waals surface area contributed by atoms with Crippen LogP contribution in [-0.2, 0) is 6.54 Å². The predicted octanol–water partition coefficient (Wildman–Crippen LogP) is 2.11. The molecule has 1 aliphatic heterocycles. The number of hydrogen-bond donors (Lipinski definition) is 1. The van der Waals surface area contributed by atoms with Gasteiger partial charge in [0.15, 0.2) is 0 Å². The van der Waals surface area contributed by atoms with Gasteiger partial charge in [-0.2, -0.15) is 0 Å². The molecule has 1 aromatic carbocycles. The first-order valence-corrected chi connectivity index (χ1v) is 6.79. The Morgan fingerprint density at radius 1 is 1.39 bits per heavy atom. The third-order valence-electron chi connectivity index (χ3n) is 4.09. The van der Waals surface area contributed by atoms with Crippen LogP contribution in [0.15, 0.2) is 24.3 Å². The molecule has 0 bridgehead atoms. The molecule has 2 unspecified atom stereocenters. The quantitative estimate of drug-likeness (QED) is 0.887. The molecule has 0 spiro atoms. The molecule has 1 aliphatic rings. The summed E-state index contributed by atoms with van der Waals surface area (Å²) in [6.07, 6.45) is 1.25. The van der Waals surface area contributed by atoms with Crippen molar-refractivity contribution in [3.63, 3.8) is 0 Å². The van der Waals surface area contributed by atoms with Crippen LogP contribution in [-0.4, -0.2) is 31.6 Å². The maximum atomic E-state index is 5.85. The smallest absolute Gasteiger partial charge is 0.123 e. The van der Waals surface area contributed by atoms with Crippen LogP contribution in [0, 0.1) is 11.8 Å². The lowest BCUT2D eigenvalue weighted by Crippen LogP contribution is -2.42. The highest BCUT2D eigenvalue weighted by atomic mass is 16.5. The second kappa shape index (κ2) is 6.21. The van der Waals surface area contributed by atoms with E-state index in [1.807, 2.05) is 12.1 Å². The third kappa shape index (κ3) is 3.03. The van der Waals surface area contributed by atoms with Gasteiger partial charge in [-0.3, -0.25) is 4.90 Å². The fourth-order valence-electron chi connectivity index (χ4n) is 2.75. The summed E-state index contributed by atoms with van der Waals surface area (Å²) >= 11 is 0. The second-order valence-electron chi connectivity index (χ2n) is 5.31. The molecule has 0 aromatic heterocycles. The lowest BCUT2D eigenvalue weighted by atomic mass is 9.87. The van der Waals surface area contributed by atoms with Crippen molar-refractivity contribution in [3.8, 4) is 5.75 Å². The first-order chi connectivity index (χ1) is 8.74. The van der Waals surface area contributed by atoms with Crippen molar-refractivity contribution in [3.05, 3.63) is 29.8 Å². The summed E-state index contributed by atoms with van der Waals surface area (Å²) in [4.78, 5) is 2.50. The van der Waals surface area contributed by atoms with Gasteiger partial charge in [0.1, 0.15) is 5.75 Å². The van der Waals surface area contributed by atoms with Gasteiger partial charge in [0.2, 0.25) is 0 Å². The first kappa shape index (κ1) is 13.4. The number of para-hydroxylation sites is 1. The van der Waals surface area contributed by atoms with E-state index in [4.69, 9.17) is 10.5 Å². The number of likely N-dealkylation sites (tertiary alicyclic amines) is 1. The van der Waals surface area contributed by atoms with Gasteiger partial charge in [-0.1, -0.05) is 25.1 Å². The minimum absolute atomic E-state index is 0.633. The van der Waals surface area contributed by atoms with Crippen LogP contribution >= 0.6 is 0 Å². The summed E-state index contributed by atoms with van der Waals surface area (Å²) in [6, 6.07) is 8.27. The fourth-order valence-corrected chi connectivity index (χ4v) is 2.75. The van der Waals surface area contributed by atoms with E-state index in [9.17, 15) is 0 Å². The molecule has 2 rings (SSSR count). The highest BCUT2D eigenvalue weighted by Gasteiger charge is 2.25. The monoisotopic (exact) mass is 248 g/mol. The number of piperidine rings is 1. The Morgan fingerprint density at radius 2 is 2.17 bits per heavy atom. The number of methoxy groups -OCH3 is 1. The molecule has 100 valence electrons. The van der Waals surface area contributed by atoms with Gasteiger partial charge in [0.05, 0.1) is 7.11 Å². The van der Waals surface area contributed by atoms with Crippen molar-refractivity contribution in [1.29, 1.82) is 0 Å². The lowest BCUT2D eigenvalue weighted by Gasteiger charge is -2.36. The van der Waals surface area contributed by atoms with Crippen molar-refractivity contribution >= 4 is 0 Å². The largest absolute Gasteiger partial charge is 0.496 e. The number of ether oxygens (including phenoxy) is 1. The molecule has 18 heavy (non-hydrogen) atoms. The van der Waals surface area contributed by atoms with Gasteiger partial charge in [-0.05, 0) is 37.4 Å². The zero-order valence-electron chi connectivity index (χ0n) is 11.4. The summed E-state index contributed by atoms with van der Waals surface area (Å²) in [5.74, 6) is 2.37. The van der Waals surface area contributed by atoms with Crippen LogP contribution in [0.1, 0.15) is 18.9 Å². The molecule has 1 heterocycles. The Morgan fingerprint density at radius 3 is 2.89 bits per heavy atom. The van der Waals surface area contributed by atoms with Crippen LogP contribution in [0.5, 0.6) is 5.75 Å². The third-order valence-corrected chi connectivity index (χ3v) is 4.09. The van der Waals surface area contributed by atoms with E-state index in [1.165, 1.54) is 12.0 Å². The van der Waals surface area contributed by atoms with Gasteiger partial charge < -0.3 is 10.5 Å². The number of hydrogen-bond acceptors (Lipinski definition) is 3. The summed E-state index contributed by atoms with van der Waals surface area (Å²) in [7, 11) is 1.74. The Kier molecular flexibility index (Phi) is 4.61. The average Bonchev–Trinajstić information content (AvgIpc) is 2.41.